The second-order valence-corrected chi connectivity index (χ2v) is 7.32. The second-order valence-electron chi connectivity index (χ2n) is 6.38. The number of aryl methyl sites for hydroxylation is 1. The Morgan fingerprint density at radius 3 is 3.04 bits per heavy atom. The van der Waals surface area contributed by atoms with E-state index in [9.17, 15) is 9.90 Å². The smallest absolute Gasteiger partial charge is 0.227 e. The SMILES string of the molecule is CN(CC1CCCCC1O)C(=O)CCc1nc(-c2cccs2)no1. The van der Waals surface area contributed by atoms with Gasteiger partial charge in [-0.15, -0.1) is 11.3 Å². The molecule has 1 aliphatic carbocycles. The summed E-state index contributed by atoms with van der Waals surface area (Å²) in [4.78, 5) is 19.3. The van der Waals surface area contributed by atoms with Crippen molar-refractivity contribution in [1.29, 1.82) is 0 Å². The van der Waals surface area contributed by atoms with E-state index in [2.05, 4.69) is 10.1 Å². The van der Waals surface area contributed by atoms with E-state index in [4.69, 9.17) is 4.52 Å². The van der Waals surface area contributed by atoms with Crippen LogP contribution in [0.5, 0.6) is 0 Å². The molecule has 0 spiro atoms. The lowest BCUT2D eigenvalue weighted by molar-refractivity contribution is -0.131. The molecule has 1 N–H and O–H groups in total. The Bertz CT molecular complexity index is 656. The highest BCUT2D eigenvalue weighted by Crippen LogP contribution is 2.25. The van der Waals surface area contributed by atoms with Crippen LogP contribution in [0.4, 0.5) is 0 Å². The molecule has 2 aromatic rings. The summed E-state index contributed by atoms with van der Waals surface area (Å²) in [5, 5.41) is 15.9. The molecule has 7 heteroatoms. The molecule has 2 unspecified atom stereocenters. The van der Waals surface area contributed by atoms with Crippen LogP contribution in [0.25, 0.3) is 10.7 Å². The van der Waals surface area contributed by atoms with Gasteiger partial charge in [-0.25, -0.2) is 0 Å². The molecule has 1 amide bonds. The Morgan fingerprint density at radius 1 is 1.46 bits per heavy atom. The van der Waals surface area contributed by atoms with Crippen LogP contribution in [0, 0.1) is 5.92 Å². The minimum absolute atomic E-state index is 0.0450. The molecule has 24 heavy (non-hydrogen) atoms. The Balaban J connectivity index is 1.48. The topological polar surface area (TPSA) is 79.5 Å². The number of nitrogens with zero attached hydrogens (tertiary/aromatic N) is 3. The Kier molecular flexibility index (Phi) is 5.63. The lowest BCUT2D eigenvalue weighted by Gasteiger charge is -2.31. The van der Waals surface area contributed by atoms with Crippen LogP contribution in [-0.2, 0) is 11.2 Å². The third-order valence-electron chi connectivity index (χ3n) is 4.57. The van der Waals surface area contributed by atoms with E-state index in [0.717, 1.165) is 30.6 Å². The maximum atomic E-state index is 12.3. The highest BCUT2D eigenvalue weighted by atomic mass is 32.1. The summed E-state index contributed by atoms with van der Waals surface area (Å²) in [5.74, 6) is 1.30. The fourth-order valence-electron chi connectivity index (χ4n) is 3.12. The second kappa shape index (κ2) is 7.90. The molecule has 0 aliphatic heterocycles. The molecular formula is C17H23N3O3S. The number of aliphatic hydroxyl groups is 1. The van der Waals surface area contributed by atoms with Gasteiger partial charge >= 0.3 is 0 Å². The summed E-state index contributed by atoms with van der Waals surface area (Å²) < 4.78 is 5.22. The number of amides is 1. The van der Waals surface area contributed by atoms with Crippen molar-refractivity contribution in [1.82, 2.24) is 15.0 Å². The van der Waals surface area contributed by atoms with Gasteiger partial charge in [-0.3, -0.25) is 4.79 Å². The Morgan fingerprint density at radius 2 is 2.29 bits per heavy atom. The van der Waals surface area contributed by atoms with Crippen LogP contribution in [-0.4, -0.2) is 45.8 Å². The molecule has 0 saturated heterocycles. The van der Waals surface area contributed by atoms with Crippen molar-refractivity contribution in [3.63, 3.8) is 0 Å². The molecule has 3 rings (SSSR count). The highest BCUT2D eigenvalue weighted by molar-refractivity contribution is 7.13. The first kappa shape index (κ1) is 17.1. The molecule has 0 aromatic carbocycles. The quantitative estimate of drug-likeness (QED) is 0.867. The molecular weight excluding hydrogens is 326 g/mol. The average molecular weight is 349 g/mol. The molecule has 0 radical (unpaired) electrons. The van der Waals surface area contributed by atoms with Gasteiger partial charge in [0.05, 0.1) is 11.0 Å². The van der Waals surface area contributed by atoms with E-state index >= 15 is 0 Å². The fraction of sp³-hybridized carbons (Fsp3) is 0.588. The third-order valence-corrected chi connectivity index (χ3v) is 5.43. The number of aromatic nitrogens is 2. The third kappa shape index (κ3) is 4.21. The van der Waals surface area contributed by atoms with Gasteiger partial charge in [0.1, 0.15) is 0 Å². The van der Waals surface area contributed by atoms with Crippen molar-refractivity contribution in [3.8, 4) is 10.7 Å². The van der Waals surface area contributed by atoms with Gasteiger partial charge in [0.2, 0.25) is 17.6 Å². The summed E-state index contributed by atoms with van der Waals surface area (Å²) in [6, 6.07) is 3.88. The van der Waals surface area contributed by atoms with Crippen LogP contribution in [0.15, 0.2) is 22.0 Å². The van der Waals surface area contributed by atoms with Gasteiger partial charge in [0.25, 0.3) is 0 Å². The Labute approximate surface area is 145 Å². The number of carbonyl (C=O) groups is 1. The van der Waals surface area contributed by atoms with Gasteiger partial charge in [0, 0.05) is 32.4 Å². The van der Waals surface area contributed by atoms with Gasteiger partial charge in [-0.2, -0.15) is 4.98 Å². The summed E-state index contributed by atoms with van der Waals surface area (Å²) in [6.07, 6.45) is 4.56. The molecule has 130 valence electrons. The predicted octanol–water partition coefficient (Wildman–Crippen LogP) is 2.74. The van der Waals surface area contributed by atoms with Crippen molar-refractivity contribution < 1.29 is 14.4 Å². The normalized spacial score (nSPS) is 20.9. The molecule has 1 aliphatic rings. The number of hydrogen-bond donors (Lipinski definition) is 1. The van der Waals surface area contributed by atoms with Crippen molar-refractivity contribution in [2.24, 2.45) is 5.92 Å². The maximum Gasteiger partial charge on any atom is 0.227 e. The minimum Gasteiger partial charge on any atom is -0.393 e. The van der Waals surface area contributed by atoms with Gasteiger partial charge in [0.15, 0.2) is 0 Å². The summed E-state index contributed by atoms with van der Waals surface area (Å²) in [7, 11) is 1.80. The van der Waals surface area contributed by atoms with Crippen LogP contribution in [0.1, 0.15) is 38.0 Å². The van der Waals surface area contributed by atoms with Crippen molar-refractivity contribution in [2.45, 2.75) is 44.6 Å². The standard InChI is InChI=1S/C17H23N3O3S/c1-20(11-12-5-2-3-6-13(12)21)16(22)9-8-15-18-17(19-23-15)14-7-4-10-24-14/h4,7,10,12-13,21H,2-3,5-6,8-9,11H2,1H3. The van der Waals surface area contributed by atoms with E-state index in [-0.39, 0.29) is 17.9 Å². The molecule has 1 fully saturated rings. The first-order valence-electron chi connectivity index (χ1n) is 8.42. The van der Waals surface area contributed by atoms with Crippen LogP contribution >= 0.6 is 11.3 Å². The van der Waals surface area contributed by atoms with E-state index in [1.54, 1.807) is 23.3 Å². The zero-order valence-corrected chi connectivity index (χ0v) is 14.7. The maximum absolute atomic E-state index is 12.3. The minimum atomic E-state index is -0.279. The zero-order chi connectivity index (χ0) is 16.9. The van der Waals surface area contributed by atoms with Crippen molar-refractivity contribution in [2.75, 3.05) is 13.6 Å². The van der Waals surface area contributed by atoms with Gasteiger partial charge in [-0.05, 0) is 24.3 Å². The van der Waals surface area contributed by atoms with Crippen LogP contribution in [0.3, 0.4) is 0 Å². The Hall–Kier alpha value is -1.73. The number of rotatable bonds is 6. The number of aliphatic hydroxyl groups excluding tert-OH is 1. The first-order chi connectivity index (χ1) is 11.6. The van der Waals surface area contributed by atoms with Crippen molar-refractivity contribution in [3.05, 3.63) is 23.4 Å². The van der Waals surface area contributed by atoms with Gasteiger partial charge < -0.3 is 14.5 Å². The van der Waals surface area contributed by atoms with E-state index in [0.29, 0.717) is 31.1 Å². The molecule has 6 nitrogen and oxygen atoms in total. The molecule has 2 heterocycles. The van der Waals surface area contributed by atoms with E-state index in [1.165, 1.54) is 0 Å². The van der Waals surface area contributed by atoms with Crippen molar-refractivity contribution >= 4 is 17.2 Å². The molecule has 2 atom stereocenters. The summed E-state index contributed by atoms with van der Waals surface area (Å²) >= 11 is 1.55. The predicted molar refractivity (Wildman–Crippen MR) is 91.5 cm³/mol. The molecule has 0 bridgehead atoms. The van der Waals surface area contributed by atoms with Crippen LogP contribution < -0.4 is 0 Å². The molecule has 2 aromatic heterocycles. The lowest BCUT2D eigenvalue weighted by atomic mass is 9.86. The lowest BCUT2D eigenvalue weighted by Crippen LogP contribution is -2.38. The summed E-state index contributed by atoms with van der Waals surface area (Å²) in [6.45, 7) is 0.615. The zero-order valence-electron chi connectivity index (χ0n) is 13.9. The van der Waals surface area contributed by atoms with Gasteiger partial charge in [-0.1, -0.05) is 24.1 Å². The highest BCUT2D eigenvalue weighted by Gasteiger charge is 2.25. The largest absolute Gasteiger partial charge is 0.393 e. The number of hydrogen-bond acceptors (Lipinski definition) is 6. The summed E-state index contributed by atoms with van der Waals surface area (Å²) in [5.41, 5.74) is 0. The fourth-order valence-corrected chi connectivity index (χ4v) is 3.77. The van der Waals surface area contributed by atoms with E-state index in [1.807, 2.05) is 17.5 Å². The number of thiophene rings is 1. The van der Waals surface area contributed by atoms with Crippen LogP contribution in [0.2, 0.25) is 0 Å². The molecule has 1 saturated carbocycles. The first-order valence-corrected chi connectivity index (χ1v) is 9.30. The monoisotopic (exact) mass is 349 g/mol. The van der Waals surface area contributed by atoms with E-state index < -0.39 is 0 Å². The number of carbonyl (C=O) groups excluding carboxylic acids is 1. The average Bonchev–Trinajstić information content (AvgIpc) is 3.25.